The van der Waals surface area contributed by atoms with Gasteiger partial charge in [0.25, 0.3) is 0 Å². The van der Waals surface area contributed by atoms with Crippen LogP contribution in [0, 0.1) is 0 Å². The number of halogens is 4. The summed E-state index contributed by atoms with van der Waals surface area (Å²) in [5.41, 5.74) is -0.637. The number of ether oxygens (including phenoxy) is 1. The number of carbonyl (C=O) groups excluding carboxylic acids is 2. The molecule has 13 heteroatoms. The standard InChI is InChI=1S/C27H17F3IN3O6/c28-27(29,30)40-14-6-7-20(35)16(10-14)22-15-8-9-32-25(38)33(13-4-2-1-3-5-13)26(39)34(32)19(15)11-17-21(36)12-18(31)24(37)23(17)22/h1-8,10,12,19,22,35H,9,11H2. The zero-order chi connectivity index (χ0) is 28.5. The molecule has 9 nitrogen and oxygen atoms in total. The number of para-hydroxylation sites is 1. The van der Waals surface area contributed by atoms with E-state index in [4.69, 9.17) is 0 Å². The summed E-state index contributed by atoms with van der Waals surface area (Å²) in [6.45, 7) is -0.0899. The zero-order valence-electron chi connectivity index (χ0n) is 20.2. The number of aromatic nitrogens is 3. The fourth-order valence-corrected chi connectivity index (χ4v) is 6.16. The molecule has 1 aliphatic heterocycles. The number of hydrogen-bond donors (Lipinski definition) is 1. The highest BCUT2D eigenvalue weighted by Crippen LogP contribution is 2.52. The number of phenolic OH excluding ortho intramolecular Hbond substituents is 1. The number of aromatic hydroxyl groups is 1. The molecule has 0 spiro atoms. The Balaban J connectivity index is 1.58. The first-order chi connectivity index (χ1) is 19.0. The van der Waals surface area contributed by atoms with Gasteiger partial charge in [0.2, 0.25) is 0 Å². The third-order valence-corrected chi connectivity index (χ3v) is 7.96. The van der Waals surface area contributed by atoms with Crippen LogP contribution in [0.1, 0.15) is 23.9 Å². The van der Waals surface area contributed by atoms with Crippen LogP contribution in [0.3, 0.4) is 0 Å². The summed E-state index contributed by atoms with van der Waals surface area (Å²) in [5, 5.41) is 10.8. The lowest BCUT2D eigenvalue weighted by Crippen LogP contribution is -2.40. The van der Waals surface area contributed by atoms with Gasteiger partial charge in [0.1, 0.15) is 11.5 Å². The Labute approximate surface area is 236 Å². The first-order valence-corrected chi connectivity index (χ1v) is 13.0. The lowest BCUT2D eigenvalue weighted by molar-refractivity contribution is -0.274. The molecule has 0 saturated carbocycles. The van der Waals surface area contributed by atoms with Crippen molar-refractivity contribution in [2.24, 2.45) is 0 Å². The maximum Gasteiger partial charge on any atom is 0.573 e. The van der Waals surface area contributed by atoms with Crippen LogP contribution in [0.2, 0.25) is 0 Å². The number of alkyl halides is 3. The number of ketones is 2. The van der Waals surface area contributed by atoms with Crippen LogP contribution in [0.4, 0.5) is 13.2 Å². The predicted octanol–water partition coefficient (Wildman–Crippen LogP) is 3.84. The Morgan fingerprint density at radius 3 is 2.42 bits per heavy atom. The fraction of sp³-hybridized carbons (Fsp3) is 0.185. The Bertz CT molecular complexity index is 1830. The van der Waals surface area contributed by atoms with E-state index in [1.807, 2.05) is 0 Å². The molecule has 2 atom stereocenters. The van der Waals surface area contributed by atoms with Crippen LogP contribution in [-0.2, 0) is 16.1 Å². The molecule has 2 aliphatic carbocycles. The van der Waals surface area contributed by atoms with Crippen LogP contribution < -0.4 is 16.1 Å². The first kappa shape index (κ1) is 26.1. The van der Waals surface area contributed by atoms with Gasteiger partial charge in [-0.15, -0.1) is 13.2 Å². The number of allylic oxidation sites excluding steroid dienone is 6. The van der Waals surface area contributed by atoms with Gasteiger partial charge in [-0.2, -0.15) is 0 Å². The molecule has 0 fully saturated rings. The van der Waals surface area contributed by atoms with Gasteiger partial charge < -0.3 is 9.84 Å². The van der Waals surface area contributed by atoms with E-state index in [0.29, 0.717) is 11.3 Å². The largest absolute Gasteiger partial charge is 0.573 e. The van der Waals surface area contributed by atoms with E-state index in [-0.39, 0.29) is 33.3 Å². The smallest absolute Gasteiger partial charge is 0.508 e. The molecule has 2 heterocycles. The van der Waals surface area contributed by atoms with Gasteiger partial charge >= 0.3 is 17.7 Å². The molecule has 0 saturated heterocycles. The minimum atomic E-state index is -5.02. The highest BCUT2D eigenvalue weighted by Gasteiger charge is 2.46. The molecule has 0 radical (unpaired) electrons. The molecule has 0 amide bonds. The van der Waals surface area contributed by atoms with E-state index >= 15 is 0 Å². The number of Topliss-reactive ketones (excluding diaryl/α,β-unsaturated/α-hetero) is 1. The molecule has 1 aromatic heterocycles. The summed E-state index contributed by atoms with van der Waals surface area (Å²) < 4.78 is 46.6. The summed E-state index contributed by atoms with van der Waals surface area (Å²) >= 11 is 1.71. The molecular weight excluding hydrogens is 646 g/mol. The number of rotatable bonds is 3. The molecule has 204 valence electrons. The molecule has 0 bridgehead atoms. The molecule has 1 N–H and O–H groups in total. The minimum absolute atomic E-state index is 0.00481. The number of benzene rings is 2. The average molecular weight is 663 g/mol. The van der Waals surface area contributed by atoms with Crippen LogP contribution in [0.5, 0.6) is 11.5 Å². The zero-order valence-corrected chi connectivity index (χ0v) is 22.3. The van der Waals surface area contributed by atoms with Crippen LogP contribution in [-0.4, -0.2) is 37.0 Å². The van der Waals surface area contributed by atoms with Gasteiger partial charge in [-0.05, 0) is 58.5 Å². The topological polar surface area (TPSA) is 113 Å². The molecule has 3 aliphatic rings. The van der Waals surface area contributed by atoms with E-state index in [1.165, 1.54) is 9.36 Å². The van der Waals surface area contributed by atoms with Gasteiger partial charge in [0, 0.05) is 35.1 Å². The van der Waals surface area contributed by atoms with E-state index in [0.717, 1.165) is 28.8 Å². The predicted molar refractivity (Wildman–Crippen MR) is 143 cm³/mol. The van der Waals surface area contributed by atoms with E-state index in [1.54, 1.807) is 59.0 Å². The van der Waals surface area contributed by atoms with Crippen molar-refractivity contribution < 1.29 is 32.6 Å². The van der Waals surface area contributed by atoms with Gasteiger partial charge in [0.05, 0.1) is 21.9 Å². The number of fused-ring (bicyclic) bond motifs is 3. The summed E-state index contributed by atoms with van der Waals surface area (Å²) in [5.74, 6) is -3.27. The lowest BCUT2D eigenvalue weighted by atomic mass is 9.68. The second-order valence-electron chi connectivity index (χ2n) is 9.37. The van der Waals surface area contributed by atoms with Crippen molar-refractivity contribution in [2.45, 2.75) is 31.3 Å². The average Bonchev–Trinajstić information content (AvgIpc) is 3.16. The number of nitrogens with zero attached hydrogens (tertiary/aromatic N) is 3. The Morgan fingerprint density at radius 2 is 1.73 bits per heavy atom. The van der Waals surface area contributed by atoms with E-state index < -0.39 is 52.8 Å². The third-order valence-electron chi connectivity index (χ3n) is 7.16. The van der Waals surface area contributed by atoms with Crippen LogP contribution in [0.15, 0.2) is 90.6 Å². The minimum Gasteiger partial charge on any atom is -0.508 e. The lowest BCUT2D eigenvalue weighted by Gasteiger charge is -2.39. The Kier molecular flexibility index (Phi) is 6.01. The highest BCUT2D eigenvalue weighted by molar-refractivity contribution is 14.1. The molecule has 3 aromatic rings. The van der Waals surface area contributed by atoms with Crippen molar-refractivity contribution in [3.05, 3.63) is 108 Å². The molecule has 6 rings (SSSR count). The molecule has 40 heavy (non-hydrogen) atoms. The molecule has 2 unspecified atom stereocenters. The van der Waals surface area contributed by atoms with Crippen molar-refractivity contribution >= 4 is 34.2 Å². The van der Waals surface area contributed by atoms with E-state index in [9.17, 15) is 37.5 Å². The van der Waals surface area contributed by atoms with Crippen LogP contribution >= 0.6 is 22.6 Å². The number of carbonyl (C=O) groups is 2. The first-order valence-electron chi connectivity index (χ1n) is 11.9. The van der Waals surface area contributed by atoms with Crippen molar-refractivity contribution in [3.63, 3.8) is 0 Å². The SMILES string of the molecule is O=C1C=C(I)C(=O)C2=C1CC1C(=CCn3c(=O)n(-c4ccccc4)c(=O)n31)C2c1cc(OC(F)(F)F)ccc1O. The third kappa shape index (κ3) is 4.06. The van der Waals surface area contributed by atoms with Crippen molar-refractivity contribution in [3.8, 4) is 17.2 Å². The monoisotopic (exact) mass is 663 g/mol. The Morgan fingerprint density at radius 1 is 1.00 bits per heavy atom. The van der Waals surface area contributed by atoms with Crippen molar-refractivity contribution in [1.82, 2.24) is 13.9 Å². The maximum atomic E-state index is 13.7. The number of phenols is 1. The summed E-state index contributed by atoms with van der Waals surface area (Å²) in [6.07, 6.45) is -2.37. The highest BCUT2D eigenvalue weighted by atomic mass is 127. The second-order valence-corrected chi connectivity index (χ2v) is 10.5. The fourth-order valence-electron chi connectivity index (χ4n) is 5.58. The normalized spacial score (nSPS) is 20.4. The van der Waals surface area contributed by atoms with Crippen molar-refractivity contribution in [1.29, 1.82) is 0 Å². The molecule has 2 aromatic carbocycles. The van der Waals surface area contributed by atoms with Crippen LogP contribution in [0.25, 0.3) is 5.69 Å². The van der Waals surface area contributed by atoms with Gasteiger partial charge in [-0.3, -0.25) is 9.59 Å². The Hall–Kier alpha value is -4.14. The van der Waals surface area contributed by atoms with Gasteiger partial charge in [-0.25, -0.2) is 23.5 Å². The van der Waals surface area contributed by atoms with Gasteiger partial charge in [-0.1, -0.05) is 24.3 Å². The van der Waals surface area contributed by atoms with Gasteiger partial charge in [0.15, 0.2) is 11.6 Å². The summed E-state index contributed by atoms with van der Waals surface area (Å²) in [6, 6.07) is 10.2. The van der Waals surface area contributed by atoms with Crippen molar-refractivity contribution in [2.75, 3.05) is 0 Å². The number of hydrogen-bond acceptors (Lipinski definition) is 6. The second kappa shape index (κ2) is 9.21. The quantitative estimate of drug-likeness (QED) is 0.259. The summed E-state index contributed by atoms with van der Waals surface area (Å²) in [7, 11) is 0. The summed E-state index contributed by atoms with van der Waals surface area (Å²) in [4.78, 5) is 53.5. The van der Waals surface area contributed by atoms with E-state index in [2.05, 4.69) is 4.74 Å². The maximum absolute atomic E-state index is 13.7. The molecular formula is C27H17F3IN3O6.